The Morgan fingerprint density at radius 2 is 1.69 bits per heavy atom. The molecule has 6 heteroatoms. The van der Waals surface area contributed by atoms with Gasteiger partial charge in [-0.3, -0.25) is 14.5 Å². The van der Waals surface area contributed by atoms with Crippen LogP contribution in [0.3, 0.4) is 0 Å². The summed E-state index contributed by atoms with van der Waals surface area (Å²) in [6.45, 7) is 3.06. The van der Waals surface area contributed by atoms with Gasteiger partial charge in [0, 0.05) is 5.69 Å². The molecule has 162 valence electrons. The summed E-state index contributed by atoms with van der Waals surface area (Å²) in [5.41, 5.74) is 3.50. The maximum Gasteiger partial charge on any atom is 0.258 e. The molecule has 0 atom stereocenters. The molecule has 0 saturated carbocycles. The third-order valence-corrected chi connectivity index (χ3v) is 5.28. The number of likely N-dealkylation sites (N-methyl/N-ethyl adjacent to an activating group) is 1. The zero-order chi connectivity index (χ0) is 22.5. The molecular weight excluding hydrogens is 400 g/mol. The van der Waals surface area contributed by atoms with Gasteiger partial charge in [-0.1, -0.05) is 54.6 Å². The Bertz CT molecular complexity index is 1280. The van der Waals surface area contributed by atoms with Crippen LogP contribution in [0, 0.1) is 6.92 Å². The average molecular weight is 427 g/mol. The summed E-state index contributed by atoms with van der Waals surface area (Å²) in [6, 6.07) is 25.1. The lowest BCUT2D eigenvalue weighted by molar-refractivity contribution is -0.119. The van der Waals surface area contributed by atoms with Crippen molar-refractivity contribution in [2.45, 2.75) is 20.0 Å². The van der Waals surface area contributed by atoms with Crippen LogP contribution in [0.1, 0.15) is 17.0 Å². The molecule has 0 aliphatic rings. The molecule has 1 aromatic heterocycles. The molecule has 4 rings (SSSR count). The molecule has 0 fully saturated rings. The largest absolute Gasteiger partial charge is 0.309 e. The van der Waals surface area contributed by atoms with Crippen LogP contribution >= 0.6 is 0 Å². The predicted molar refractivity (Wildman–Crippen MR) is 128 cm³/mol. The van der Waals surface area contributed by atoms with Crippen molar-refractivity contribution in [2.75, 3.05) is 18.5 Å². The smallest absolute Gasteiger partial charge is 0.258 e. The number of nitrogens with one attached hydrogen (secondary N) is 1. The van der Waals surface area contributed by atoms with Gasteiger partial charge in [-0.25, -0.2) is 4.98 Å². The highest BCUT2D eigenvalue weighted by molar-refractivity contribution is 5.94. The van der Waals surface area contributed by atoms with Gasteiger partial charge in [-0.15, -0.1) is 0 Å². The third kappa shape index (κ3) is 5.10. The maximum absolute atomic E-state index is 13.3. The molecule has 0 aliphatic carbocycles. The molecule has 6 nitrogen and oxygen atoms in total. The standard InChI is InChI=1S/C26H26N4O2/c1-19-9-8-12-21(15-19)30(16-20-10-4-3-5-11-20)25(31)18-29(2)17-24-27-23-14-7-6-13-22(23)26(32)28-24/h3-15H,16-18H2,1-2H3,(H,27,28,32). The number of rotatable bonds is 7. The molecule has 3 aromatic carbocycles. The lowest BCUT2D eigenvalue weighted by atomic mass is 10.1. The molecule has 1 heterocycles. The van der Waals surface area contributed by atoms with E-state index in [1.54, 1.807) is 11.0 Å². The SMILES string of the molecule is Cc1cccc(N(Cc2ccccc2)C(=O)CN(C)Cc2nc3ccccc3c(=O)[nH]2)c1. The van der Waals surface area contributed by atoms with Gasteiger partial charge in [0.2, 0.25) is 5.91 Å². The van der Waals surface area contributed by atoms with E-state index in [2.05, 4.69) is 9.97 Å². The number of anilines is 1. The Hall–Kier alpha value is -3.77. The van der Waals surface area contributed by atoms with Crippen LogP contribution in [0.5, 0.6) is 0 Å². The van der Waals surface area contributed by atoms with Crippen LogP contribution in [-0.2, 0) is 17.9 Å². The van der Waals surface area contributed by atoms with Crippen molar-refractivity contribution < 1.29 is 4.79 Å². The summed E-state index contributed by atoms with van der Waals surface area (Å²) >= 11 is 0. The lowest BCUT2D eigenvalue weighted by Gasteiger charge is -2.26. The number of hydrogen-bond acceptors (Lipinski definition) is 4. The van der Waals surface area contributed by atoms with E-state index in [-0.39, 0.29) is 18.0 Å². The summed E-state index contributed by atoms with van der Waals surface area (Å²) in [7, 11) is 1.85. The van der Waals surface area contributed by atoms with Crippen molar-refractivity contribution in [3.05, 3.63) is 106 Å². The molecule has 32 heavy (non-hydrogen) atoms. The number of aromatic nitrogens is 2. The molecule has 0 radical (unpaired) electrons. The van der Waals surface area contributed by atoms with Gasteiger partial charge in [0.05, 0.1) is 30.5 Å². The quantitative estimate of drug-likeness (QED) is 0.487. The Morgan fingerprint density at radius 3 is 2.47 bits per heavy atom. The Morgan fingerprint density at radius 1 is 0.938 bits per heavy atom. The number of para-hydroxylation sites is 1. The second-order valence-corrected chi connectivity index (χ2v) is 8.01. The fourth-order valence-electron chi connectivity index (χ4n) is 3.72. The number of fused-ring (bicyclic) bond motifs is 1. The number of aryl methyl sites for hydroxylation is 1. The monoisotopic (exact) mass is 426 g/mol. The highest BCUT2D eigenvalue weighted by Gasteiger charge is 2.19. The van der Waals surface area contributed by atoms with Crippen LogP contribution in [0.25, 0.3) is 10.9 Å². The van der Waals surface area contributed by atoms with Gasteiger partial charge in [-0.2, -0.15) is 0 Å². The molecule has 0 saturated heterocycles. The molecule has 0 bridgehead atoms. The number of hydrogen-bond donors (Lipinski definition) is 1. The van der Waals surface area contributed by atoms with Crippen molar-refractivity contribution in [1.29, 1.82) is 0 Å². The van der Waals surface area contributed by atoms with Crippen LogP contribution in [0.15, 0.2) is 83.7 Å². The van der Waals surface area contributed by atoms with Crippen molar-refractivity contribution >= 4 is 22.5 Å². The minimum Gasteiger partial charge on any atom is -0.309 e. The second-order valence-electron chi connectivity index (χ2n) is 8.01. The number of benzene rings is 3. The van der Waals surface area contributed by atoms with Crippen molar-refractivity contribution in [3.8, 4) is 0 Å². The van der Waals surface area contributed by atoms with Crippen LogP contribution in [0.2, 0.25) is 0 Å². The summed E-state index contributed by atoms with van der Waals surface area (Å²) in [6.07, 6.45) is 0. The summed E-state index contributed by atoms with van der Waals surface area (Å²) in [4.78, 5) is 36.7. The number of carbonyl (C=O) groups excluding carboxylic acids is 1. The van der Waals surface area contributed by atoms with Gasteiger partial charge >= 0.3 is 0 Å². The number of amides is 1. The first-order valence-corrected chi connectivity index (χ1v) is 10.6. The zero-order valence-corrected chi connectivity index (χ0v) is 18.3. The highest BCUT2D eigenvalue weighted by Crippen LogP contribution is 2.19. The van der Waals surface area contributed by atoms with E-state index >= 15 is 0 Å². The van der Waals surface area contributed by atoms with Crippen LogP contribution in [-0.4, -0.2) is 34.4 Å². The van der Waals surface area contributed by atoms with Crippen LogP contribution < -0.4 is 10.5 Å². The van der Waals surface area contributed by atoms with E-state index in [1.165, 1.54) is 0 Å². The maximum atomic E-state index is 13.3. The van der Waals surface area contributed by atoms with Gasteiger partial charge in [0.25, 0.3) is 5.56 Å². The minimum absolute atomic E-state index is 0.0231. The minimum atomic E-state index is -0.171. The predicted octanol–water partition coefficient (Wildman–Crippen LogP) is 3.90. The number of aromatic amines is 1. The molecule has 0 spiro atoms. The van der Waals surface area contributed by atoms with Gasteiger partial charge in [0.15, 0.2) is 0 Å². The van der Waals surface area contributed by atoms with Crippen molar-refractivity contribution in [3.63, 3.8) is 0 Å². The molecule has 4 aromatic rings. The van der Waals surface area contributed by atoms with Gasteiger partial charge in [0.1, 0.15) is 5.82 Å². The highest BCUT2D eigenvalue weighted by atomic mass is 16.2. The zero-order valence-electron chi connectivity index (χ0n) is 18.3. The second kappa shape index (κ2) is 9.58. The van der Waals surface area contributed by atoms with E-state index in [4.69, 9.17) is 0 Å². The van der Waals surface area contributed by atoms with Crippen molar-refractivity contribution in [2.24, 2.45) is 0 Å². The fourth-order valence-corrected chi connectivity index (χ4v) is 3.72. The first kappa shape index (κ1) is 21.5. The van der Waals surface area contributed by atoms with Gasteiger partial charge < -0.3 is 9.88 Å². The van der Waals surface area contributed by atoms with E-state index in [0.717, 1.165) is 16.8 Å². The summed E-state index contributed by atoms with van der Waals surface area (Å²) < 4.78 is 0. The molecule has 0 aliphatic heterocycles. The number of carbonyl (C=O) groups is 1. The number of H-pyrrole nitrogens is 1. The van der Waals surface area contributed by atoms with E-state index in [9.17, 15) is 9.59 Å². The van der Waals surface area contributed by atoms with E-state index < -0.39 is 0 Å². The topological polar surface area (TPSA) is 69.3 Å². The van der Waals surface area contributed by atoms with Gasteiger partial charge in [-0.05, 0) is 49.4 Å². The summed E-state index contributed by atoms with van der Waals surface area (Å²) in [5.74, 6) is 0.513. The number of nitrogens with zero attached hydrogens (tertiary/aromatic N) is 3. The molecule has 1 N–H and O–H groups in total. The third-order valence-electron chi connectivity index (χ3n) is 5.28. The molecule has 0 unspecified atom stereocenters. The van der Waals surface area contributed by atoms with E-state index in [1.807, 2.05) is 91.7 Å². The fraction of sp³-hybridized carbons (Fsp3) is 0.192. The first-order chi connectivity index (χ1) is 15.5. The Kier molecular flexibility index (Phi) is 6.42. The average Bonchev–Trinajstić information content (AvgIpc) is 2.78. The van der Waals surface area contributed by atoms with Crippen molar-refractivity contribution in [1.82, 2.24) is 14.9 Å². The first-order valence-electron chi connectivity index (χ1n) is 10.6. The van der Waals surface area contributed by atoms with Crippen LogP contribution in [0.4, 0.5) is 5.69 Å². The molecule has 1 amide bonds. The molecular formula is C26H26N4O2. The normalized spacial score (nSPS) is 11.1. The Balaban J connectivity index is 1.53. The Labute approximate surface area is 187 Å². The van der Waals surface area contributed by atoms with E-state index in [0.29, 0.717) is 29.8 Å². The summed E-state index contributed by atoms with van der Waals surface area (Å²) in [5, 5.41) is 0.559. The lowest BCUT2D eigenvalue weighted by Crippen LogP contribution is -2.39.